The molecule has 2 fully saturated rings. The molecule has 1 unspecified atom stereocenters. The van der Waals surface area contributed by atoms with Gasteiger partial charge in [0.1, 0.15) is 12.2 Å². The third kappa shape index (κ3) is 4.70. The van der Waals surface area contributed by atoms with Crippen LogP contribution < -0.4 is 0 Å². The lowest BCUT2D eigenvalue weighted by molar-refractivity contribution is -0.165. The monoisotopic (exact) mass is 526 g/mol. The van der Waals surface area contributed by atoms with Crippen molar-refractivity contribution in [3.05, 3.63) is 23.3 Å². The molecule has 8 atom stereocenters. The summed E-state index contributed by atoms with van der Waals surface area (Å²) in [5.74, 6) is 1.55. The Balaban J connectivity index is 1.53. The van der Waals surface area contributed by atoms with Crippen molar-refractivity contribution in [2.45, 2.75) is 139 Å². The molecule has 0 spiro atoms. The molecule has 0 aliphatic heterocycles. The molecule has 0 aromatic carbocycles. The molecule has 38 heavy (non-hydrogen) atoms. The second kappa shape index (κ2) is 10.4. The average Bonchev–Trinajstić information content (AvgIpc) is 3.11. The summed E-state index contributed by atoms with van der Waals surface area (Å²) in [5, 5.41) is 0. The number of esters is 2. The van der Waals surface area contributed by atoms with E-state index in [2.05, 4.69) is 60.6 Å². The van der Waals surface area contributed by atoms with Crippen LogP contribution in [0.15, 0.2) is 23.3 Å². The second-order valence-electron chi connectivity index (χ2n) is 14.5. The molecule has 0 bridgehead atoms. The molecule has 0 N–H and O–H groups in total. The molecule has 4 rings (SSSR count). The number of hydrogen-bond donors (Lipinski definition) is 0. The smallest absolute Gasteiger partial charge is 0.302 e. The van der Waals surface area contributed by atoms with Crippen LogP contribution in [0.4, 0.5) is 0 Å². The molecule has 4 heteroatoms. The van der Waals surface area contributed by atoms with Gasteiger partial charge in [-0.05, 0) is 103 Å². The fraction of sp³-hybridized carbons (Fsp3) is 0.824. The maximum absolute atomic E-state index is 11.8. The van der Waals surface area contributed by atoms with E-state index in [4.69, 9.17) is 9.47 Å². The largest absolute Gasteiger partial charge is 0.463 e. The predicted octanol–water partition coefficient (Wildman–Crippen LogP) is 8.59. The topological polar surface area (TPSA) is 52.6 Å². The van der Waals surface area contributed by atoms with Crippen LogP contribution in [0.1, 0.15) is 127 Å². The van der Waals surface area contributed by atoms with Gasteiger partial charge in [0, 0.05) is 19.3 Å². The molecular weight excluding hydrogens is 472 g/mol. The first kappa shape index (κ1) is 29.4. The van der Waals surface area contributed by atoms with Crippen molar-refractivity contribution in [1.29, 1.82) is 0 Å². The molecule has 0 saturated heterocycles. The Bertz CT molecular complexity index is 990. The first-order valence-electron chi connectivity index (χ1n) is 15.5. The van der Waals surface area contributed by atoms with E-state index >= 15 is 0 Å². The maximum Gasteiger partial charge on any atom is 0.302 e. The van der Waals surface area contributed by atoms with Crippen LogP contribution in [0.5, 0.6) is 0 Å². The summed E-state index contributed by atoms with van der Waals surface area (Å²) in [5.41, 5.74) is 3.84. The average molecular weight is 527 g/mol. The Morgan fingerprint density at radius 2 is 1.68 bits per heavy atom. The Labute approximate surface area is 232 Å². The summed E-state index contributed by atoms with van der Waals surface area (Å²) in [7, 11) is 0. The van der Waals surface area contributed by atoms with Crippen molar-refractivity contribution in [3.8, 4) is 0 Å². The fourth-order valence-electron chi connectivity index (χ4n) is 9.79. The van der Waals surface area contributed by atoms with E-state index in [-0.39, 0.29) is 45.8 Å². The van der Waals surface area contributed by atoms with Gasteiger partial charge in [-0.3, -0.25) is 9.59 Å². The van der Waals surface area contributed by atoms with Crippen LogP contribution >= 0.6 is 0 Å². The fourth-order valence-corrected chi connectivity index (χ4v) is 9.79. The third-order valence-corrected chi connectivity index (χ3v) is 12.2. The van der Waals surface area contributed by atoms with Crippen LogP contribution in [0.3, 0.4) is 0 Å². The summed E-state index contributed by atoms with van der Waals surface area (Å²) >= 11 is 0. The molecular formula is C34H54O4. The highest BCUT2D eigenvalue weighted by atomic mass is 16.5. The highest BCUT2D eigenvalue weighted by Crippen LogP contribution is 2.71. The number of fused-ring (bicyclic) bond motifs is 5. The summed E-state index contributed by atoms with van der Waals surface area (Å²) < 4.78 is 11.4. The zero-order valence-electron chi connectivity index (χ0n) is 25.7. The number of hydrogen-bond acceptors (Lipinski definition) is 4. The Hall–Kier alpha value is -1.58. The van der Waals surface area contributed by atoms with Gasteiger partial charge in [0.15, 0.2) is 0 Å². The first-order valence-corrected chi connectivity index (χ1v) is 15.5. The van der Waals surface area contributed by atoms with Crippen molar-refractivity contribution in [3.63, 3.8) is 0 Å². The molecule has 0 heterocycles. The van der Waals surface area contributed by atoms with E-state index in [0.717, 1.165) is 44.9 Å². The molecule has 214 valence electrons. The van der Waals surface area contributed by atoms with Crippen LogP contribution in [-0.4, -0.2) is 24.1 Å². The summed E-state index contributed by atoms with van der Waals surface area (Å²) in [6.45, 7) is 20.0. The highest BCUT2D eigenvalue weighted by molar-refractivity contribution is 5.66. The minimum absolute atomic E-state index is 0.00271. The Morgan fingerprint density at radius 1 is 0.974 bits per heavy atom. The summed E-state index contributed by atoms with van der Waals surface area (Å²) in [6.07, 6.45) is 16.3. The third-order valence-electron chi connectivity index (χ3n) is 12.2. The van der Waals surface area contributed by atoms with E-state index in [1.165, 1.54) is 26.2 Å². The van der Waals surface area contributed by atoms with Crippen molar-refractivity contribution >= 4 is 11.9 Å². The quantitative estimate of drug-likeness (QED) is 0.297. The van der Waals surface area contributed by atoms with Gasteiger partial charge >= 0.3 is 11.9 Å². The summed E-state index contributed by atoms with van der Waals surface area (Å²) in [4.78, 5) is 23.3. The highest BCUT2D eigenvalue weighted by Gasteiger charge is 2.63. The van der Waals surface area contributed by atoms with Gasteiger partial charge < -0.3 is 9.47 Å². The van der Waals surface area contributed by atoms with Crippen LogP contribution in [0.25, 0.3) is 0 Å². The SMILES string of the molecule is CCC(CCC[C@@H](C)[C@H]1CC[C@@]2(C)C3=CC[C@H]4C(C)(C)[C@@H](OC(C)=O)CC[C@]4(C)C3=CC[C@]12C)OC(C)=O. The number of carbonyl (C=O) groups is 2. The van der Waals surface area contributed by atoms with Crippen molar-refractivity contribution in [2.75, 3.05) is 0 Å². The zero-order chi connectivity index (χ0) is 28.1. The van der Waals surface area contributed by atoms with Gasteiger partial charge in [-0.1, -0.05) is 67.0 Å². The molecule has 0 amide bonds. The van der Waals surface area contributed by atoms with Gasteiger partial charge in [0.25, 0.3) is 0 Å². The number of carbonyl (C=O) groups excluding carboxylic acids is 2. The van der Waals surface area contributed by atoms with Gasteiger partial charge in [0.05, 0.1) is 0 Å². The van der Waals surface area contributed by atoms with Gasteiger partial charge in [-0.2, -0.15) is 0 Å². The Kier molecular flexibility index (Phi) is 8.07. The normalized spacial score (nSPS) is 39.0. The molecule has 4 nitrogen and oxygen atoms in total. The number of ether oxygens (including phenoxy) is 2. The van der Waals surface area contributed by atoms with E-state index < -0.39 is 0 Å². The lowest BCUT2D eigenvalue weighted by Gasteiger charge is -2.61. The minimum atomic E-state index is -0.159. The van der Waals surface area contributed by atoms with Crippen LogP contribution in [0, 0.1) is 39.4 Å². The summed E-state index contributed by atoms with van der Waals surface area (Å²) in [6, 6.07) is 0. The lowest BCUT2D eigenvalue weighted by Crippen LogP contribution is -2.55. The second-order valence-corrected chi connectivity index (χ2v) is 14.5. The van der Waals surface area contributed by atoms with Gasteiger partial charge in [-0.15, -0.1) is 0 Å². The van der Waals surface area contributed by atoms with Gasteiger partial charge in [0.2, 0.25) is 0 Å². The molecule has 4 aliphatic rings. The van der Waals surface area contributed by atoms with Crippen molar-refractivity contribution in [1.82, 2.24) is 0 Å². The predicted molar refractivity (Wildman–Crippen MR) is 153 cm³/mol. The molecule has 2 saturated carbocycles. The standard InChI is InChI=1S/C34H54O4/c1-10-25(37-23(3)35)13-11-12-22(2)26-16-20-34(9)28-14-15-29-31(5,6)30(38-24(4)36)18-19-32(29,7)27(28)17-21-33(26,34)8/h14,17,22,25-26,29-30H,10-13,15-16,18-21H2,1-9H3/t22-,25?,26-,29+,30+,32-,33-,34+/m1/s1. The molecule has 0 radical (unpaired) electrons. The van der Waals surface area contributed by atoms with Crippen LogP contribution in [-0.2, 0) is 19.1 Å². The first-order chi connectivity index (χ1) is 17.7. The Morgan fingerprint density at radius 3 is 2.32 bits per heavy atom. The van der Waals surface area contributed by atoms with Gasteiger partial charge in [-0.25, -0.2) is 0 Å². The lowest BCUT2D eigenvalue weighted by atomic mass is 9.44. The molecule has 0 aromatic heterocycles. The molecule has 4 aliphatic carbocycles. The zero-order valence-corrected chi connectivity index (χ0v) is 25.7. The van der Waals surface area contributed by atoms with E-state index in [9.17, 15) is 9.59 Å². The van der Waals surface area contributed by atoms with Crippen molar-refractivity contribution in [2.24, 2.45) is 39.4 Å². The maximum atomic E-state index is 11.8. The minimum Gasteiger partial charge on any atom is -0.463 e. The molecule has 0 aromatic rings. The van der Waals surface area contributed by atoms with E-state index in [1.54, 1.807) is 18.1 Å². The number of allylic oxidation sites excluding steroid dienone is 4. The van der Waals surface area contributed by atoms with E-state index in [0.29, 0.717) is 17.8 Å². The van der Waals surface area contributed by atoms with Crippen LogP contribution in [0.2, 0.25) is 0 Å². The number of rotatable bonds is 8. The van der Waals surface area contributed by atoms with E-state index in [1.807, 2.05) is 0 Å². The van der Waals surface area contributed by atoms with Crippen molar-refractivity contribution < 1.29 is 19.1 Å².